The fourth-order valence-corrected chi connectivity index (χ4v) is 8.08. The van der Waals surface area contributed by atoms with Crippen molar-refractivity contribution in [2.45, 2.75) is 33.1 Å². The Labute approximate surface area is 326 Å². The highest BCUT2D eigenvalue weighted by Crippen LogP contribution is 2.51. The van der Waals surface area contributed by atoms with Gasteiger partial charge in [0.05, 0.1) is 0 Å². The molecule has 0 heterocycles. The summed E-state index contributed by atoms with van der Waals surface area (Å²) >= 11 is 0. The normalized spacial score (nSPS) is 13.2. The average molecular weight is 711 g/mol. The van der Waals surface area contributed by atoms with Crippen LogP contribution in [0.2, 0.25) is 0 Å². The molecular weight excluding hydrogens is 665 g/mol. The van der Waals surface area contributed by atoms with Crippen molar-refractivity contribution in [1.82, 2.24) is 0 Å². The van der Waals surface area contributed by atoms with E-state index < -0.39 is 0 Å². The highest BCUT2D eigenvalue weighted by molar-refractivity contribution is 5.91. The summed E-state index contributed by atoms with van der Waals surface area (Å²) < 4.78 is 0. The maximum Gasteiger partial charge on any atom is 0.0465 e. The Bertz CT molecular complexity index is 2630. The summed E-state index contributed by atoms with van der Waals surface area (Å²) in [4.78, 5) is 4.60. The lowest BCUT2D eigenvalue weighted by Crippen LogP contribution is -2.32. The predicted molar refractivity (Wildman–Crippen MR) is 237 cm³/mol. The average Bonchev–Trinajstić information content (AvgIpc) is 3.43. The molecule has 0 spiro atoms. The molecule has 1 aliphatic rings. The number of anilines is 4. The van der Waals surface area contributed by atoms with Gasteiger partial charge in [-0.3, -0.25) is 0 Å². The molecule has 0 saturated carbocycles. The summed E-state index contributed by atoms with van der Waals surface area (Å²) in [7, 11) is 0. The van der Waals surface area contributed by atoms with Gasteiger partial charge < -0.3 is 9.80 Å². The molecule has 0 unspecified atom stereocenters. The number of nitrogens with zero attached hydrogens (tertiary/aromatic N) is 2. The second-order valence-electron chi connectivity index (χ2n) is 14.9. The smallest absolute Gasteiger partial charge is 0.0465 e. The van der Waals surface area contributed by atoms with Crippen LogP contribution in [0.4, 0.5) is 22.7 Å². The van der Waals surface area contributed by atoms with Gasteiger partial charge in [0.15, 0.2) is 0 Å². The number of para-hydroxylation sites is 2. The third kappa shape index (κ3) is 6.73. The van der Waals surface area contributed by atoms with Crippen LogP contribution in [0, 0.1) is 6.92 Å². The topological polar surface area (TPSA) is 6.48 Å². The number of aryl methyl sites for hydroxylation is 1. The van der Waals surface area contributed by atoms with Gasteiger partial charge in [0, 0.05) is 50.3 Å². The Kier molecular flexibility index (Phi) is 9.43. The van der Waals surface area contributed by atoms with Crippen LogP contribution in [0.1, 0.15) is 54.2 Å². The van der Waals surface area contributed by atoms with Gasteiger partial charge in [0.1, 0.15) is 0 Å². The predicted octanol–water partition coefficient (Wildman–Crippen LogP) is 12.7. The fraction of sp³-hybridized carbons (Fsp3) is 0.0943. The first-order valence-corrected chi connectivity index (χ1v) is 19.0. The molecule has 8 rings (SSSR count). The summed E-state index contributed by atoms with van der Waals surface area (Å²) in [6.07, 6.45) is 4.44. The zero-order valence-corrected chi connectivity index (χ0v) is 32.1. The molecule has 0 N–H and O–H groups in total. The molecule has 0 aliphatic heterocycles. The van der Waals surface area contributed by atoms with E-state index in [1.165, 1.54) is 33.4 Å². The summed E-state index contributed by atoms with van der Waals surface area (Å²) in [5.74, 6) is 0. The van der Waals surface area contributed by atoms with Gasteiger partial charge in [-0.1, -0.05) is 160 Å². The van der Waals surface area contributed by atoms with E-state index in [0.29, 0.717) is 0 Å². The van der Waals surface area contributed by atoms with E-state index in [1.54, 1.807) is 0 Å². The molecule has 0 atom stereocenters. The van der Waals surface area contributed by atoms with E-state index in [4.69, 9.17) is 0 Å². The standard InChI is InChI=1S/C53H46N2/c1-37-17-13-15-23-47(37)39(3)54(40(4)48-24-16-14-18-38(48)2)45-30-27-41(28-31-45)25-26-42-29-33-49-50-34-32-46(36-52(50)53(5,6)51(49)35-42)55(43-19-9-7-10-20-43)44-21-11-8-12-22-44/h7-36H,1,4H2,2-3,5-6H3. The number of rotatable bonds is 9. The first-order valence-electron chi connectivity index (χ1n) is 19.0. The van der Waals surface area contributed by atoms with Crippen molar-refractivity contribution in [3.63, 3.8) is 0 Å². The quantitative estimate of drug-likeness (QED) is 0.138. The van der Waals surface area contributed by atoms with Crippen molar-refractivity contribution in [2.75, 3.05) is 9.80 Å². The van der Waals surface area contributed by atoms with Gasteiger partial charge in [-0.15, -0.1) is 0 Å². The molecule has 55 heavy (non-hydrogen) atoms. The Morgan fingerprint density at radius 1 is 0.545 bits per heavy atom. The Balaban J connectivity index is 1.09. The molecule has 0 saturated heterocycles. The van der Waals surface area contributed by atoms with E-state index >= 15 is 0 Å². The maximum absolute atomic E-state index is 4.60. The van der Waals surface area contributed by atoms with Gasteiger partial charge >= 0.3 is 0 Å². The third-order valence-corrected chi connectivity index (χ3v) is 11.1. The molecule has 2 nitrogen and oxygen atoms in total. The summed E-state index contributed by atoms with van der Waals surface area (Å²) in [5.41, 5.74) is 16.3. The van der Waals surface area contributed by atoms with Gasteiger partial charge in [0.25, 0.3) is 0 Å². The molecule has 1 aliphatic carbocycles. The largest absolute Gasteiger partial charge is 0.314 e. The Morgan fingerprint density at radius 2 is 1.07 bits per heavy atom. The summed E-state index contributed by atoms with van der Waals surface area (Å²) in [6, 6.07) is 60.6. The molecule has 0 fully saturated rings. The van der Waals surface area contributed by atoms with Crippen LogP contribution in [0.15, 0.2) is 176 Å². The lowest BCUT2D eigenvalue weighted by atomic mass is 9.81. The Hall–Kier alpha value is -6.64. The lowest BCUT2D eigenvalue weighted by molar-refractivity contribution is 0.660. The van der Waals surface area contributed by atoms with E-state index in [-0.39, 0.29) is 5.41 Å². The second-order valence-corrected chi connectivity index (χ2v) is 14.9. The van der Waals surface area contributed by atoms with Crippen molar-refractivity contribution < 1.29 is 0 Å². The van der Waals surface area contributed by atoms with Crippen molar-refractivity contribution >= 4 is 52.9 Å². The highest BCUT2D eigenvalue weighted by atomic mass is 15.2. The highest BCUT2D eigenvalue weighted by Gasteiger charge is 2.36. The molecule has 2 heteroatoms. The van der Waals surface area contributed by atoms with Gasteiger partial charge in [-0.25, -0.2) is 0 Å². The van der Waals surface area contributed by atoms with Crippen LogP contribution in [-0.2, 0) is 5.41 Å². The van der Waals surface area contributed by atoms with Crippen molar-refractivity contribution in [3.05, 3.63) is 220 Å². The van der Waals surface area contributed by atoms with Crippen LogP contribution in [0.5, 0.6) is 0 Å². The number of benzene rings is 7. The molecule has 7 aromatic carbocycles. The SMILES string of the molecule is C=C(c1ccccc1C)N(C(C)=c1ccccc1=C)c1ccc(C=Cc2ccc3c(c2)C(C)(C)c2cc(N(c4ccccc4)c4ccccc4)ccc2-3)cc1. The molecule has 268 valence electrons. The van der Waals surface area contributed by atoms with Crippen LogP contribution >= 0.6 is 0 Å². The number of fused-ring (bicyclic) bond motifs is 3. The molecule has 0 bridgehead atoms. The Morgan fingerprint density at radius 3 is 1.73 bits per heavy atom. The first-order chi connectivity index (χ1) is 26.7. The zero-order valence-electron chi connectivity index (χ0n) is 32.1. The maximum atomic E-state index is 4.60. The number of hydrogen-bond acceptors (Lipinski definition) is 2. The van der Waals surface area contributed by atoms with Gasteiger partial charge in [-0.2, -0.15) is 0 Å². The minimum absolute atomic E-state index is 0.158. The van der Waals surface area contributed by atoms with E-state index in [1.807, 2.05) is 6.07 Å². The fourth-order valence-electron chi connectivity index (χ4n) is 8.08. The molecule has 0 aromatic heterocycles. The van der Waals surface area contributed by atoms with Crippen molar-refractivity contribution in [1.29, 1.82) is 0 Å². The molecule has 0 amide bonds. The molecule has 0 radical (unpaired) electrons. The minimum atomic E-state index is -0.158. The minimum Gasteiger partial charge on any atom is -0.314 e. The van der Waals surface area contributed by atoms with Crippen molar-refractivity contribution in [3.8, 4) is 11.1 Å². The van der Waals surface area contributed by atoms with Crippen LogP contribution in [0.3, 0.4) is 0 Å². The first kappa shape index (κ1) is 35.4. The monoisotopic (exact) mass is 710 g/mol. The summed E-state index contributed by atoms with van der Waals surface area (Å²) in [6.45, 7) is 17.9. The van der Waals surface area contributed by atoms with Crippen LogP contribution < -0.4 is 20.2 Å². The van der Waals surface area contributed by atoms with Crippen LogP contribution in [-0.4, -0.2) is 0 Å². The lowest BCUT2D eigenvalue weighted by Gasteiger charge is -2.29. The molecular formula is C53H46N2. The van der Waals surface area contributed by atoms with E-state index in [9.17, 15) is 0 Å². The second kappa shape index (κ2) is 14.6. The third-order valence-electron chi connectivity index (χ3n) is 11.1. The van der Waals surface area contributed by atoms with Crippen LogP contribution in [0.25, 0.3) is 41.3 Å². The molecule has 7 aromatic rings. The van der Waals surface area contributed by atoms with Gasteiger partial charge in [-0.05, 0) is 107 Å². The van der Waals surface area contributed by atoms with E-state index in [0.717, 1.165) is 55.7 Å². The zero-order chi connectivity index (χ0) is 38.1. The summed E-state index contributed by atoms with van der Waals surface area (Å²) in [5, 5.41) is 2.09. The van der Waals surface area contributed by atoms with Crippen molar-refractivity contribution in [2.24, 2.45) is 0 Å². The van der Waals surface area contributed by atoms with Gasteiger partial charge in [0.2, 0.25) is 0 Å². The van der Waals surface area contributed by atoms with E-state index in [2.05, 4.69) is 227 Å². The number of hydrogen-bond donors (Lipinski definition) is 0.